The van der Waals surface area contributed by atoms with Gasteiger partial charge in [0.05, 0.1) is 13.2 Å². The summed E-state index contributed by atoms with van der Waals surface area (Å²) in [5.74, 6) is 0.418. The van der Waals surface area contributed by atoms with Gasteiger partial charge in [0.15, 0.2) is 5.56 Å². The van der Waals surface area contributed by atoms with Gasteiger partial charge in [-0.15, -0.1) is 0 Å². The van der Waals surface area contributed by atoms with E-state index in [-0.39, 0.29) is 17.5 Å². The van der Waals surface area contributed by atoms with Crippen molar-refractivity contribution in [3.8, 4) is 11.6 Å². The number of hydrogen-bond donors (Lipinski definition) is 1. The van der Waals surface area contributed by atoms with E-state index in [9.17, 15) is 14.7 Å². The van der Waals surface area contributed by atoms with Gasteiger partial charge in [-0.2, -0.15) is 4.98 Å². The number of aromatic nitrogens is 2. The van der Waals surface area contributed by atoms with Crippen LogP contribution in [0.1, 0.15) is 72.4 Å². The Morgan fingerprint density at radius 2 is 1.97 bits per heavy atom. The van der Waals surface area contributed by atoms with Gasteiger partial charge in [-0.3, -0.25) is 14.2 Å². The fraction of sp³-hybridized carbons (Fsp3) is 0.393. The third-order valence-electron chi connectivity index (χ3n) is 6.85. The second-order valence-electron chi connectivity index (χ2n) is 9.11. The summed E-state index contributed by atoms with van der Waals surface area (Å²) in [6, 6.07) is 17.2. The molecule has 0 radical (unpaired) electrons. The van der Waals surface area contributed by atoms with Gasteiger partial charge in [-0.1, -0.05) is 55.8 Å². The maximum Gasteiger partial charge on any atom is 0.270 e. The summed E-state index contributed by atoms with van der Waals surface area (Å²) in [6.07, 6.45) is 3.07. The molecule has 4 rings (SSSR count). The number of nitrogens with zero attached hydrogens (tertiary/aromatic N) is 3. The van der Waals surface area contributed by atoms with Crippen LogP contribution in [-0.2, 0) is 6.42 Å². The van der Waals surface area contributed by atoms with E-state index >= 15 is 0 Å². The number of amides is 1. The van der Waals surface area contributed by atoms with Gasteiger partial charge in [0, 0.05) is 25.4 Å². The highest BCUT2D eigenvalue weighted by atomic mass is 16.5. The third-order valence-corrected chi connectivity index (χ3v) is 6.85. The van der Waals surface area contributed by atoms with Crippen LogP contribution in [0.15, 0.2) is 59.4 Å². The highest BCUT2D eigenvalue weighted by molar-refractivity contribution is 5.96. The number of likely N-dealkylation sites (tertiary alicyclic amines) is 1. The third kappa shape index (κ3) is 5.09. The SMILES string of the molecule is CCCCc1nc(O)c(C(=O)N2CC[C@H](c3ccccc3)C2)c(=O)n1C(C)c1cccc(OC)c1. The maximum atomic E-state index is 13.8. The molecule has 35 heavy (non-hydrogen) atoms. The number of benzene rings is 2. The molecule has 0 saturated carbocycles. The van der Waals surface area contributed by atoms with Crippen LogP contribution in [0.25, 0.3) is 0 Å². The molecule has 7 heteroatoms. The van der Waals surface area contributed by atoms with Gasteiger partial charge in [-0.25, -0.2) is 0 Å². The van der Waals surface area contributed by atoms with Crippen LogP contribution in [0, 0.1) is 0 Å². The normalized spacial score (nSPS) is 16.3. The minimum Gasteiger partial charge on any atom is -0.497 e. The average molecular weight is 476 g/mol. The topological polar surface area (TPSA) is 84.7 Å². The summed E-state index contributed by atoms with van der Waals surface area (Å²) in [5, 5.41) is 10.8. The quantitative estimate of drug-likeness (QED) is 0.517. The largest absolute Gasteiger partial charge is 0.497 e. The Balaban J connectivity index is 1.71. The van der Waals surface area contributed by atoms with Crippen LogP contribution in [-0.4, -0.2) is 45.7 Å². The fourth-order valence-corrected chi connectivity index (χ4v) is 4.81. The lowest BCUT2D eigenvalue weighted by atomic mass is 9.99. The van der Waals surface area contributed by atoms with E-state index in [1.807, 2.05) is 49.4 Å². The zero-order chi connectivity index (χ0) is 24.9. The predicted molar refractivity (Wildman–Crippen MR) is 135 cm³/mol. The Bertz CT molecular complexity index is 1240. The molecule has 1 aliphatic heterocycles. The average Bonchev–Trinajstić information content (AvgIpc) is 3.38. The molecular formula is C28H33N3O4. The number of rotatable bonds is 8. The molecule has 3 aromatic rings. The molecule has 1 aromatic heterocycles. The minimum atomic E-state index is -0.507. The van der Waals surface area contributed by atoms with Crippen LogP contribution >= 0.6 is 0 Å². The van der Waals surface area contributed by atoms with E-state index in [1.165, 1.54) is 5.56 Å². The number of hydrogen-bond acceptors (Lipinski definition) is 5. The van der Waals surface area contributed by atoms with Crippen molar-refractivity contribution in [3.63, 3.8) is 0 Å². The lowest BCUT2D eigenvalue weighted by molar-refractivity contribution is 0.0783. The molecule has 7 nitrogen and oxygen atoms in total. The number of unbranched alkanes of at least 4 members (excludes halogenated alkanes) is 1. The van der Waals surface area contributed by atoms with Crippen LogP contribution in [0.2, 0.25) is 0 Å². The van der Waals surface area contributed by atoms with Crippen molar-refractivity contribution in [2.75, 3.05) is 20.2 Å². The molecule has 1 amide bonds. The van der Waals surface area contributed by atoms with Crippen molar-refractivity contribution >= 4 is 5.91 Å². The molecule has 2 aromatic carbocycles. The van der Waals surface area contributed by atoms with Crippen molar-refractivity contribution < 1.29 is 14.6 Å². The van der Waals surface area contributed by atoms with E-state index in [2.05, 4.69) is 24.0 Å². The predicted octanol–water partition coefficient (Wildman–Crippen LogP) is 4.54. The minimum absolute atomic E-state index is 0.206. The van der Waals surface area contributed by atoms with E-state index in [1.54, 1.807) is 16.6 Å². The molecule has 1 fully saturated rings. The first kappa shape index (κ1) is 24.5. The Hall–Kier alpha value is -3.61. The summed E-state index contributed by atoms with van der Waals surface area (Å²) in [6.45, 7) is 4.99. The van der Waals surface area contributed by atoms with Gasteiger partial charge >= 0.3 is 0 Å². The van der Waals surface area contributed by atoms with Crippen molar-refractivity contribution in [1.29, 1.82) is 0 Å². The monoisotopic (exact) mass is 475 g/mol. The second-order valence-corrected chi connectivity index (χ2v) is 9.11. The van der Waals surface area contributed by atoms with E-state index in [4.69, 9.17) is 4.74 Å². The smallest absolute Gasteiger partial charge is 0.270 e. The number of aryl methyl sites for hydroxylation is 1. The number of carbonyl (C=O) groups is 1. The fourth-order valence-electron chi connectivity index (χ4n) is 4.81. The molecule has 1 saturated heterocycles. The number of methoxy groups -OCH3 is 1. The molecular weight excluding hydrogens is 442 g/mol. The molecule has 0 aliphatic carbocycles. The molecule has 0 bridgehead atoms. The van der Waals surface area contributed by atoms with Crippen molar-refractivity contribution in [2.45, 2.75) is 51.5 Å². The number of carbonyl (C=O) groups excluding carboxylic acids is 1. The van der Waals surface area contributed by atoms with Crippen LogP contribution in [0.5, 0.6) is 11.6 Å². The lowest BCUT2D eigenvalue weighted by Gasteiger charge is -2.23. The van der Waals surface area contributed by atoms with Crippen LogP contribution in [0.3, 0.4) is 0 Å². The standard InChI is InChI=1S/C28H33N3O4/c1-4-5-14-24-29-26(32)25(27(33)30-16-15-22(18-30)20-10-7-6-8-11-20)28(34)31(24)19(2)21-12-9-13-23(17-21)35-3/h6-13,17,19,22,32H,4-5,14-16,18H2,1-3H3/t19?,22-/m0/s1. The van der Waals surface area contributed by atoms with E-state index in [0.29, 0.717) is 31.1 Å². The second kappa shape index (κ2) is 10.8. The molecule has 1 aliphatic rings. The molecule has 0 spiro atoms. The molecule has 1 unspecified atom stereocenters. The first-order valence-corrected chi connectivity index (χ1v) is 12.3. The molecule has 2 heterocycles. The van der Waals surface area contributed by atoms with Crippen LogP contribution < -0.4 is 10.3 Å². The van der Waals surface area contributed by atoms with Crippen molar-refractivity contribution in [3.05, 3.63) is 87.5 Å². The van der Waals surface area contributed by atoms with E-state index < -0.39 is 17.3 Å². The van der Waals surface area contributed by atoms with Gasteiger partial charge in [0.2, 0.25) is 5.88 Å². The Morgan fingerprint density at radius 3 is 2.69 bits per heavy atom. The van der Waals surface area contributed by atoms with Crippen molar-refractivity contribution in [1.82, 2.24) is 14.5 Å². The highest BCUT2D eigenvalue weighted by Gasteiger charge is 2.33. The summed E-state index contributed by atoms with van der Waals surface area (Å²) in [7, 11) is 1.60. The number of aromatic hydroxyl groups is 1. The Labute approximate surface area is 206 Å². The van der Waals surface area contributed by atoms with E-state index in [0.717, 1.165) is 24.8 Å². The lowest BCUT2D eigenvalue weighted by Crippen LogP contribution is -2.38. The first-order chi connectivity index (χ1) is 16.9. The molecule has 2 atom stereocenters. The summed E-state index contributed by atoms with van der Waals surface area (Å²) in [4.78, 5) is 33.3. The van der Waals surface area contributed by atoms with Gasteiger partial charge < -0.3 is 14.7 Å². The molecule has 184 valence electrons. The summed E-state index contributed by atoms with van der Waals surface area (Å²) < 4.78 is 6.92. The number of ether oxygens (including phenoxy) is 1. The summed E-state index contributed by atoms with van der Waals surface area (Å²) in [5.41, 5.74) is 1.27. The van der Waals surface area contributed by atoms with Crippen LogP contribution in [0.4, 0.5) is 0 Å². The maximum absolute atomic E-state index is 13.8. The van der Waals surface area contributed by atoms with Gasteiger partial charge in [0.1, 0.15) is 11.6 Å². The van der Waals surface area contributed by atoms with Crippen molar-refractivity contribution in [2.24, 2.45) is 0 Å². The zero-order valence-corrected chi connectivity index (χ0v) is 20.6. The Morgan fingerprint density at radius 1 is 1.20 bits per heavy atom. The molecule has 1 N–H and O–H groups in total. The highest BCUT2D eigenvalue weighted by Crippen LogP contribution is 2.29. The van der Waals surface area contributed by atoms with Gasteiger partial charge in [-0.05, 0) is 43.0 Å². The Kier molecular flexibility index (Phi) is 7.54. The first-order valence-electron chi connectivity index (χ1n) is 12.3. The van der Waals surface area contributed by atoms with Gasteiger partial charge in [0.25, 0.3) is 11.5 Å². The summed E-state index contributed by atoms with van der Waals surface area (Å²) >= 11 is 0. The zero-order valence-electron chi connectivity index (χ0n) is 20.6.